The van der Waals surface area contributed by atoms with Crippen LogP contribution in [0.4, 0.5) is 0 Å². The zero-order chi connectivity index (χ0) is 8.41. The molecule has 54 valence electrons. The molecule has 6 nitrogen and oxygen atoms in total. The molecule has 0 amide bonds. The molecule has 4 N–H and O–H groups in total. The minimum absolute atomic E-state index is 0.278. The van der Waals surface area contributed by atoms with Gasteiger partial charge in [-0.25, -0.2) is 5.32 Å². The first kappa shape index (κ1) is 11.1. The number of nitrogens with two attached hydrogens (primary N) is 1. The van der Waals surface area contributed by atoms with Gasteiger partial charge in [0.05, 0.1) is 6.54 Å². The van der Waals surface area contributed by atoms with Gasteiger partial charge in [0.25, 0.3) is 0 Å². The molecule has 0 saturated carbocycles. The number of nitriles is 2. The Kier molecular flexibility index (Phi) is 11.3. The van der Waals surface area contributed by atoms with Crippen LogP contribution in [0.5, 0.6) is 0 Å². The van der Waals surface area contributed by atoms with Crippen molar-refractivity contribution >= 4 is 5.97 Å². The second-order valence-electron chi connectivity index (χ2n) is 0.946. The van der Waals surface area contributed by atoms with Crippen molar-refractivity contribution in [3.05, 3.63) is 0 Å². The smallest absolute Gasteiger partial charge is 0.317 e. The van der Waals surface area contributed by atoms with Gasteiger partial charge in [-0.05, 0) is 0 Å². The standard InChI is InChI=1S/C2HN3.C2H5NO2/c3-1-5-2-4;3-1-2(4)5/h5H;1,3H2,(H,4,5). The monoisotopic (exact) mass is 142 g/mol. The predicted octanol–water partition coefficient (Wildman–Crippen LogP) is -1.43. The van der Waals surface area contributed by atoms with E-state index in [0.717, 1.165) is 0 Å². The van der Waals surface area contributed by atoms with Gasteiger partial charge in [0, 0.05) is 0 Å². The summed E-state index contributed by atoms with van der Waals surface area (Å²) in [6, 6.07) is 0. The van der Waals surface area contributed by atoms with Crippen molar-refractivity contribution in [2.75, 3.05) is 6.54 Å². The van der Waals surface area contributed by atoms with Crippen LogP contribution in [0.25, 0.3) is 0 Å². The minimum Gasteiger partial charge on any atom is -0.480 e. The number of nitrogens with one attached hydrogen (secondary N) is 1. The van der Waals surface area contributed by atoms with Crippen LogP contribution in [0.2, 0.25) is 0 Å². The molecule has 0 heterocycles. The Morgan fingerprint density at radius 2 is 1.90 bits per heavy atom. The molecule has 0 radical (unpaired) electrons. The largest absolute Gasteiger partial charge is 0.480 e. The second kappa shape index (κ2) is 10.2. The van der Waals surface area contributed by atoms with Crippen molar-refractivity contribution in [3.63, 3.8) is 0 Å². The first-order valence-electron chi connectivity index (χ1n) is 2.14. The second-order valence-corrected chi connectivity index (χ2v) is 0.946. The van der Waals surface area contributed by atoms with Crippen molar-refractivity contribution in [2.45, 2.75) is 0 Å². The van der Waals surface area contributed by atoms with E-state index in [9.17, 15) is 4.79 Å². The SMILES string of the molecule is N#CNC#N.NCC(=O)O. The van der Waals surface area contributed by atoms with E-state index in [0.29, 0.717) is 0 Å². The summed E-state index contributed by atoms with van der Waals surface area (Å²) in [5.41, 5.74) is 4.57. The molecule has 0 aliphatic carbocycles. The van der Waals surface area contributed by atoms with Crippen molar-refractivity contribution in [1.29, 1.82) is 10.5 Å². The van der Waals surface area contributed by atoms with Gasteiger partial charge in [-0.15, -0.1) is 0 Å². The molecule has 0 aliphatic heterocycles. The average Bonchev–Trinajstić information content (AvgIpc) is 1.91. The zero-order valence-corrected chi connectivity index (χ0v) is 5.03. The van der Waals surface area contributed by atoms with Crippen LogP contribution >= 0.6 is 0 Å². The summed E-state index contributed by atoms with van der Waals surface area (Å²) in [5.74, 6) is -0.968. The molecule has 6 heteroatoms. The van der Waals surface area contributed by atoms with Crippen LogP contribution in [-0.4, -0.2) is 17.6 Å². The lowest BCUT2D eigenvalue weighted by atomic mass is 10.7. The molecule has 0 bridgehead atoms. The third kappa shape index (κ3) is 34.5. The summed E-state index contributed by atoms with van der Waals surface area (Å²) < 4.78 is 0. The van der Waals surface area contributed by atoms with Crippen molar-refractivity contribution in [3.8, 4) is 12.4 Å². The summed E-state index contributed by atoms with van der Waals surface area (Å²) >= 11 is 0. The van der Waals surface area contributed by atoms with Crippen LogP contribution in [0.15, 0.2) is 0 Å². The summed E-state index contributed by atoms with van der Waals surface area (Å²) in [5, 5.41) is 24.3. The molecule has 0 saturated heterocycles. The van der Waals surface area contributed by atoms with E-state index >= 15 is 0 Å². The molecule has 0 fully saturated rings. The molecule has 0 atom stereocenters. The van der Waals surface area contributed by atoms with E-state index in [4.69, 9.17) is 15.6 Å². The first-order valence-corrected chi connectivity index (χ1v) is 2.14. The highest BCUT2D eigenvalue weighted by Crippen LogP contribution is 1.43. The maximum absolute atomic E-state index is 9.24. The van der Waals surface area contributed by atoms with Crippen molar-refractivity contribution in [2.24, 2.45) is 5.73 Å². The lowest BCUT2D eigenvalue weighted by molar-refractivity contribution is -0.135. The molecule has 0 aliphatic rings. The zero-order valence-electron chi connectivity index (χ0n) is 5.03. The molecule has 10 heavy (non-hydrogen) atoms. The number of carbonyl (C=O) groups is 1. The van der Waals surface area contributed by atoms with Crippen LogP contribution in [0, 0.1) is 22.9 Å². The number of carboxylic acid groups (broad SMARTS) is 1. The fourth-order valence-electron chi connectivity index (χ4n) is 0.0250. The van der Waals surface area contributed by atoms with E-state index in [1.165, 1.54) is 12.4 Å². The predicted molar refractivity (Wildman–Crippen MR) is 31.1 cm³/mol. The summed E-state index contributed by atoms with van der Waals surface area (Å²) in [4.78, 5) is 9.24. The third-order valence-electron chi connectivity index (χ3n) is 0.286. The lowest BCUT2D eigenvalue weighted by Crippen LogP contribution is -2.10. The third-order valence-corrected chi connectivity index (χ3v) is 0.286. The highest BCUT2D eigenvalue weighted by molar-refractivity contribution is 5.68. The maximum Gasteiger partial charge on any atom is 0.317 e. The maximum atomic E-state index is 9.24. The number of aliphatic carboxylic acids is 1. The number of carboxylic acids is 1. The number of hydrogen-bond acceptors (Lipinski definition) is 5. The minimum atomic E-state index is -0.968. The quantitative estimate of drug-likeness (QED) is 0.304. The van der Waals surface area contributed by atoms with E-state index in [1.54, 1.807) is 5.32 Å². The Labute approximate surface area is 57.5 Å². The number of hydrogen-bond donors (Lipinski definition) is 3. The summed E-state index contributed by atoms with van der Waals surface area (Å²) in [6.07, 6.45) is 2.81. The van der Waals surface area contributed by atoms with Crippen LogP contribution < -0.4 is 11.1 Å². The average molecular weight is 142 g/mol. The molecule has 0 rings (SSSR count). The van der Waals surface area contributed by atoms with Gasteiger partial charge < -0.3 is 10.8 Å². The molecule has 0 aromatic carbocycles. The Hall–Kier alpha value is -1.79. The Morgan fingerprint density at radius 1 is 1.60 bits per heavy atom. The molecule has 0 spiro atoms. The Morgan fingerprint density at radius 3 is 1.90 bits per heavy atom. The van der Waals surface area contributed by atoms with Crippen LogP contribution in [0.1, 0.15) is 0 Å². The fraction of sp³-hybridized carbons (Fsp3) is 0.250. The van der Waals surface area contributed by atoms with Crippen molar-refractivity contribution < 1.29 is 9.90 Å². The van der Waals surface area contributed by atoms with Gasteiger partial charge in [-0.1, -0.05) is 0 Å². The Bertz CT molecular complexity index is 153. The molecular formula is C4H6N4O2. The topological polar surface area (TPSA) is 123 Å². The van der Waals surface area contributed by atoms with Gasteiger partial charge in [0.1, 0.15) is 0 Å². The van der Waals surface area contributed by atoms with Gasteiger partial charge in [0.15, 0.2) is 12.4 Å². The van der Waals surface area contributed by atoms with Crippen molar-refractivity contribution in [1.82, 2.24) is 5.32 Å². The number of rotatable bonds is 1. The van der Waals surface area contributed by atoms with Gasteiger partial charge in [-0.2, -0.15) is 10.5 Å². The van der Waals surface area contributed by atoms with E-state index in [2.05, 4.69) is 5.73 Å². The van der Waals surface area contributed by atoms with Crippen LogP contribution in [0.3, 0.4) is 0 Å². The number of nitrogens with zero attached hydrogens (tertiary/aromatic N) is 2. The van der Waals surface area contributed by atoms with Crippen LogP contribution in [-0.2, 0) is 4.79 Å². The molecular weight excluding hydrogens is 136 g/mol. The van der Waals surface area contributed by atoms with E-state index in [-0.39, 0.29) is 6.54 Å². The summed E-state index contributed by atoms with van der Waals surface area (Å²) in [7, 11) is 0. The molecule has 0 aromatic rings. The van der Waals surface area contributed by atoms with E-state index < -0.39 is 5.97 Å². The Balaban J connectivity index is 0. The van der Waals surface area contributed by atoms with Gasteiger partial charge in [-0.3, -0.25) is 4.79 Å². The molecule has 0 aromatic heterocycles. The normalized spacial score (nSPS) is 5.50. The molecule has 0 unspecified atom stereocenters. The van der Waals surface area contributed by atoms with Gasteiger partial charge >= 0.3 is 5.97 Å². The van der Waals surface area contributed by atoms with Gasteiger partial charge in [0.2, 0.25) is 0 Å². The lowest BCUT2D eigenvalue weighted by Gasteiger charge is -1.73. The van der Waals surface area contributed by atoms with E-state index in [1.807, 2.05) is 0 Å². The highest BCUT2D eigenvalue weighted by Gasteiger charge is 1.81. The fourth-order valence-corrected chi connectivity index (χ4v) is 0.0250. The first-order chi connectivity index (χ1) is 4.68. The highest BCUT2D eigenvalue weighted by atomic mass is 16.4. The summed E-state index contributed by atoms with van der Waals surface area (Å²) in [6.45, 7) is -0.278.